The van der Waals surface area contributed by atoms with Crippen LogP contribution in [0.5, 0.6) is 0 Å². The van der Waals surface area contributed by atoms with Gasteiger partial charge in [-0.25, -0.2) is 4.98 Å². The van der Waals surface area contributed by atoms with Crippen molar-refractivity contribution in [1.29, 1.82) is 0 Å². The molecule has 0 aliphatic heterocycles. The van der Waals surface area contributed by atoms with E-state index in [2.05, 4.69) is 15.3 Å². The first-order valence-electron chi connectivity index (χ1n) is 6.52. The number of fused-ring (bicyclic) bond motifs is 1. The molecule has 4 heteroatoms. The zero-order valence-corrected chi connectivity index (χ0v) is 11.3. The normalized spacial score (nSPS) is 10.7. The van der Waals surface area contributed by atoms with Crippen molar-refractivity contribution < 1.29 is 0 Å². The molecule has 3 rings (SSSR count). The van der Waals surface area contributed by atoms with E-state index in [4.69, 9.17) is 5.73 Å². The lowest BCUT2D eigenvalue weighted by Crippen LogP contribution is -2.03. The Balaban J connectivity index is 1.96. The number of rotatable bonds is 3. The van der Waals surface area contributed by atoms with Gasteiger partial charge in [0.2, 0.25) is 0 Å². The molecule has 0 fully saturated rings. The molecule has 2 heterocycles. The minimum Gasteiger partial charge on any atom is -0.398 e. The minimum atomic E-state index is 0.688. The van der Waals surface area contributed by atoms with Crippen molar-refractivity contribution >= 4 is 22.3 Å². The molecule has 0 saturated carbocycles. The smallest absolute Gasteiger partial charge is 0.134 e. The molecule has 0 bridgehead atoms. The first-order valence-corrected chi connectivity index (χ1v) is 6.52. The third-order valence-electron chi connectivity index (χ3n) is 3.32. The maximum atomic E-state index is 6.07. The van der Waals surface area contributed by atoms with Crippen molar-refractivity contribution in [1.82, 2.24) is 9.97 Å². The Hall–Kier alpha value is -2.62. The topological polar surface area (TPSA) is 63.8 Å². The molecule has 0 aliphatic carbocycles. The van der Waals surface area contributed by atoms with Crippen molar-refractivity contribution in [3.05, 3.63) is 60.0 Å². The minimum absolute atomic E-state index is 0.688. The maximum absolute atomic E-state index is 6.07. The highest BCUT2D eigenvalue weighted by atomic mass is 15.0. The van der Waals surface area contributed by atoms with Gasteiger partial charge in [-0.2, -0.15) is 0 Å². The third kappa shape index (κ3) is 2.28. The number of benzene rings is 1. The van der Waals surface area contributed by atoms with E-state index in [0.29, 0.717) is 6.54 Å². The molecule has 0 spiro atoms. The van der Waals surface area contributed by atoms with E-state index in [1.165, 1.54) is 0 Å². The van der Waals surface area contributed by atoms with Crippen molar-refractivity contribution in [2.75, 3.05) is 11.1 Å². The fourth-order valence-corrected chi connectivity index (χ4v) is 2.33. The van der Waals surface area contributed by atoms with E-state index in [0.717, 1.165) is 33.4 Å². The largest absolute Gasteiger partial charge is 0.398 e. The Labute approximate surface area is 117 Å². The number of hydrogen-bond donors (Lipinski definition) is 2. The number of nitrogens with one attached hydrogen (secondary N) is 1. The lowest BCUT2D eigenvalue weighted by Gasteiger charge is -2.11. The molecule has 20 heavy (non-hydrogen) atoms. The molecule has 0 aliphatic rings. The molecule has 0 atom stereocenters. The van der Waals surface area contributed by atoms with Crippen LogP contribution in [-0.2, 0) is 6.54 Å². The van der Waals surface area contributed by atoms with Gasteiger partial charge in [0.05, 0.1) is 0 Å². The highest BCUT2D eigenvalue weighted by Gasteiger charge is 2.07. The highest BCUT2D eigenvalue weighted by Crippen LogP contribution is 2.28. The van der Waals surface area contributed by atoms with E-state index < -0.39 is 0 Å². The molecule has 0 saturated heterocycles. The van der Waals surface area contributed by atoms with Crippen LogP contribution < -0.4 is 11.1 Å². The van der Waals surface area contributed by atoms with Gasteiger partial charge < -0.3 is 11.1 Å². The van der Waals surface area contributed by atoms with Crippen LogP contribution in [0.3, 0.4) is 0 Å². The van der Waals surface area contributed by atoms with Crippen LogP contribution in [0.4, 0.5) is 11.5 Å². The van der Waals surface area contributed by atoms with Gasteiger partial charge in [0.1, 0.15) is 5.82 Å². The molecule has 0 amide bonds. The average Bonchev–Trinajstić information content (AvgIpc) is 2.48. The first-order chi connectivity index (χ1) is 9.75. The van der Waals surface area contributed by atoms with Crippen LogP contribution in [0, 0.1) is 6.92 Å². The second-order valence-corrected chi connectivity index (χ2v) is 4.77. The summed E-state index contributed by atoms with van der Waals surface area (Å²) in [6.45, 7) is 2.71. The van der Waals surface area contributed by atoms with Crippen LogP contribution in [-0.4, -0.2) is 9.97 Å². The van der Waals surface area contributed by atoms with Crippen molar-refractivity contribution in [3.63, 3.8) is 0 Å². The molecular weight excluding hydrogens is 248 g/mol. The van der Waals surface area contributed by atoms with E-state index in [1.807, 2.05) is 49.6 Å². The van der Waals surface area contributed by atoms with Gasteiger partial charge in [-0.1, -0.05) is 18.2 Å². The van der Waals surface area contributed by atoms with Gasteiger partial charge in [0.25, 0.3) is 0 Å². The molecule has 0 unspecified atom stereocenters. The summed E-state index contributed by atoms with van der Waals surface area (Å²) in [5, 5.41) is 5.47. The summed E-state index contributed by atoms with van der Waals surface area (Å²) in [4.78, 5) is 8.58. The van der Waals surface area contributed by atoms with Gasteiger partial charge in [0, 0.05) is 41.6 Å². The van der Waals surface area contributed by atoms with E-state index in [-0.39, 0.29) is 0 Å². The van der Waals surface area contributed by atoms with Crippen LogP contribution in [0.15, 0.2) is 48.9 Å². The number of aryl methyl sites for hydroxylation is 1. The number of nitrogen functional groups attached to an aromatic ring is 1. The lowest BCUT2D eigenvalue weighted by atomic mass is 10.1. The zero-order chi connectivity index (χ0) is 13.9. The van der Waals surface area contributed by atoms with Crippen molar-refractivity contribution in [2.45, 2.75) is 13.5 Å². The number of aromatic nitrogens is 2. The Bertz CT molecular complexity index is 730. The Morgan fingerprint density at radius 1 is 1.15 bits per heavy atom. The number of hydrogen-bond acceptors (Lipinski definition) is 4. The van der Waals surface area contributed by atoms with Gasteiger partial charge in [0.15, 0.2) is 0 Å². The molecular formula is C16H16N4. The SMILES string of the molecule is Cc1cnc(NCc2cccnc2)c2cccc(N)c12. The van der Waals surface area contributed by atoms with Crippen LogP contribution in [0.1, 0.15) is 11.1 Å². The predicted octanol–water partition coefficient (Wildman–Crippen LogP) is 3.13. The van der Waals surface area contributed by atoms with Gasteiger partial charge in [-0.3, -0.25) is 4.98 Å². The van der Waals surface area contributed by atoms with Gasteiger partial charge in [-0.15, -0.1) is 0 Å². The standard InChI is InChI=1S/C16H16N4/c1-11-8-19-16(13-5-2-6-14(17)15(11)13)20-10-12-4-3-7-18-9-12/h2-9H,10,17H2,1H3,(H,19,20). The summed E-state index contributed by atoms with van der Waals surface area (Å²) in [5.41, 5.74) is 9.06. The zero-order valence-electron chi connectivity index (χ0n) is 11.3. The van der Waals surface area contributed by atoms with E-state index in [1.54, 1.807) is 6.20 Å². The second-order valence-electron chi connectivity index (χ2n) is 4.77. The summed E-state index contributed by atoms with van der Waals surface area (Å²) in [5.74, 6) is 0.849. The van der Waals surface area contributed by atoms with E-state index in [9.17, 15) is 0 Å². The Morgan fingerprint density at radius 3 is 2.85 bits per heavy atom. The monoisotopic (exact) mass is 264 g/mol. The Morgan fingerprint density at radius 2 is 2.05 bits per heavy atom. The number of anilines is 2. The third-order valence-corrected chi connectivity index (χ3v) is 3.32. The fraction of sp³-hybridized carbons (Fsp3) is 0.125. The molecule has 3 aromatic rings. The summed E-state index contributed by atoms with van der Waals surface area (Å²) in [6.07, 6.45) is 5.46. The van der Waals surface area contributed by atoms with Crippen LogP contribution in [0.2, 0.25) is 0 Å². The van der Waals surface area contributed by atoms with Crippen LogP contribution >= 0.6 is 0 Å². The molecule has 4 nitrogen and oxygen atoms in total. The van der Waals surface area contributed by atoms with E-state index >= 15 is 0 Å². The molecule has 100 valence electrons. The van der Waals surface area contributed by atoms with Crippen LogP contribution in [0.25, 0.3) is 10.8 Å². The van der Waals surface area contributed by atoms with Gasteiger partial charge >= 0.3 is 0 Å². The number of pyridine rings is 2. The average molecular weight is 264 g/mol. The first kappa shape index (κ1) is 12.4. The summed E-state index contributed by atoms with van der Waals surface area (Å²) in [7, 11) is 0. The number of nitrogens with two attached hydrogens (primary N) is 1. The quantitative estimate of drug-likeness (QED) is 0.713. The maximum Gasteiger partial charge on any atom is 0.134 e. The summed E-state index contributed by atoms with van der Waals surface area (Å²) < 4.78 is 0. The fourth-order valence-electron chi connectivity index (χ4n) is 2.33. The Kier molecular flexibility index (Phi) is 3.21. The molecule has 3 N–H and O–H groups in total. The number of nitrogens with zero attached hydrogens (tertiary/aromatic N) is 2. The second kappa shape index (κ2) is 5.17. The molecule has 1 aromatic carbocycles. The highest BCUT2D eigenvalue weighted by molar-refractivity contribution is 6.01. The van der Waals surface area contributed by atoms with Crippen molar-refractivity contribution in [2.24, 2.45) is 0 Å². The van der Waals surface area contributed by atoms with Crippen molar-refractivity contribution in [3.8, 4) is 0 Å². The summed E-state index contributed by atoms with van der Waals surface area (Å²) >= 11 is 0. The molecule has 0 radical (unpaired) electrons. The molecule has 2 aromatic heterocycles. The summed E-state index contributed by atoms with van der Waals surface area (Å²) in [6, 6.07) is 9.87. The lowest BCUT2D eigenvalue weighted by molar-refractivity contribution is 1.09. The predicted molar refractivity (Wildman–Crippen MR) is 82.5 cm³/mol. The van der Waals surface area contributed by atoms with Gasteiger partial charge in [-0.05, 0) is 30.2 Å².